The highest BCUT2D eigenvalue weighted by molar-refractivity contribution is 5.80. The van der Waals surface area contributed by atoms with Crippen LogP contribution < -0.4 is 15.1 Å². The molecule has 0 radical (unpaired) electrons. The summed E-state index contributed by atoms with van der Waals surface area (Å²) in [6.45, 7) is 3.23. The fourth-order valence-corrected chi connectivity index (χ4v) is 5.40. The summed E-state index contributed by atoms with van der Waals surface area (Å²) in [6, 6.07) is 4.74. The predicted molar refractivity (Wildman–Crippen MR) is 143 cm³/mol. The maximum absolute atomic E-state index is 12.5. The molecule has 7 unspecified atom stereocenters. The van der Waals surface area contributed by atoms with Crippen LogP contribution in [0.5, 0.6) is 5.75 Å². The van der Waals surface area contributed by atoms with Crippen molar-refractivity contribution >= 4 is 17.2 Å². The zero-order valence-electron chi connectivity index (χ0n) is 22.9. The molecule has 5 rings (SSSR count). The number of benzene rings is 1. The Labute approximate surface area is 234 Å². The Kier molecular flexibility index (Phi) is 7.93. The molecule has 7 N–H and O–H groups in total. The lowest BCUT2D eigenvalue weighted by atomic mass is 9.86. The van der Waals surface area contributed by atoms with Crippen LogP contribution in [0.15, 0.2) is 55.9 Å². The minimum atomic E-state index is -2.45. The second-order valence-electron chi connectivity index (χ2n) is 11.2. The molecule has 222 valence electrons. The van der Waals surface area contributed by atoms with E-state index in [-0.39, 0.29) is 16.7 Å². The molecular formula is C28H35N2O11+. The Morgan fingerprint density at radius 3 is 2.73 bits per heavy atom. The number of nitrogens with zero attached hydrogens (tertiary/aromatic N) is 1. The fraction of sp³-hybridized carbons (Fsp3) is 0.500. The average molecular weight is 576 g/mol. The van der Waals surface area contributed by atoms with Gasteiger partial charge in [-0.15, -0.1) is 0 Å². The average Bonchev–Trinajstić information content (AvgIpc) is 3.48. The van der Waals surface area contributed by atoms with Gasteiger partial charge < -0.3 is 39.8 Å². The highest BCUT2D eigenvalue weighted by atomic mass is 17.2. The van der Waals surface area contributed by atoms with E-state index < -0.39 is 61.6 Å². The van der Waals surface area contributed by atoms with Crippen molar-refractivity contribution in [3.8, 4) is 5.75 Å². The van der Waals surface area contributed by atoms with Crippen LogP contribution in [0.25, 0.3) is 11.0 Å². The lowest BCUT2D eigenvalue weighted by Crippen LogP contribution is -3.15. The zero-order chi connectivity index (χ0) is 29.7. The second kappa shape index (κ2) is 11.0. The first-order valence-corrected chi connectivity index (χ1v) is 13.3. The summed E-state index contributed by atoms with van der Waals surface area (Å²) in [6.07, 6.45) is -2.60. The molecule has 13 heteroatoms. The van der Waals surface area contributed by atoms with Crippen LogP contribution in [0.2, 0.25) is 0 Å². The summed E-state index contributed by atoms with van der Waals surface area (Å²) in [5.74, 6) is 1.00. The zero-order valence-corrected chi connectivity index (χ0v) is 22.9. The molecule has 0 bridgehead atoms. The number of hydrogen-bond acceptors (Lipinski definition) is 12. The van der Waals surface area contributed by atoms with Crippen LogP contribution in [0, 0.1) is 6.92 Å². The number of aryl methyl sites for hydroxylation is 1. The summed E-state index contributed by atoms with van der Waals surface area (Å²) >= 11 is 0. The third-order valence-corrected chi connectivity index (χ3v) is 7.86. The molecule has 3 aliphatic rings. The lowest BCUT2D eigenvalue weighted by molar-refractivity contribution is -0.903. The van der Waals surface area contributed by atoms with Crippen LogP contribution in [0.4, 0.5) is 0 Å². The first-order chi connectivity index (χ1) is 19.3. The Hall–Kier alpha value is -2.98. The molecule has 4 heterocycles. The summed E-state index contributed by atoms with van der Waals surface area (Å²) in [7, 11) is 0. The van der Waals surface area contributed by atoms with E-state index in [0.29, 0.717) is 39.4 Å². The molecule has 0 aliphatic carbocycles. The number of rotatable bonds is 10. The Morgan fingerprint density at radius 1 is 1.24 bits per heavy atom. The van der Waals surface area contributed by atoms with Crippen molar-refractivity contribution in [2.45, 2.75) is 69.0 Å². The van der Waals surface area contributed by atoms with Crippen molar-refractivity contribution in [1.29, 1.82) is 0 Å². The van der Waals surface area contributed by atoms with Gasteiger partial charge in [0.1, 0.15) is 66.0 Å². The SMILES string of the molecule is Cc1cc(=O)c2cc3c(cc2o1)OC(C)(C)C(OOCC(O)C(O)(C[NH+]1C2=CC=NC2=CC1O)C(O)C(O)CO)C3. The number of hydrogen-bond donors (Lipinski definition) is 7. The van der Waals surface area contributed by atoms with Gasteiger partial charge in [0, 0.05) is 36.9 Å². The predicted octanol–water partition coefficient (Wildman–Crippen LogP) is -1.99. The molecule has 1 aromatic carbocycles. The maximum atomic E-state index is 12.5. The minimum absolute atomic E-state index is 0.191. The number of ether oxygens (including phenoxy) is 1. The van der Waals surface area contributed by atoms with E-state index in [1.165, 1.54) is 18.4 Å². The normalized spacial score (nSPS) is 26.4. The van der Waals surface area contributed by atoms with E-state index in [9.17, 15) is 35.4 Å². The molecule has 2 aromatic rings. The van der Waals surface area contributed by atoms with Crippen molar-refractivity contribution in [3.05, 3.63) is 63.3 Å². The first kappa shape index (κ1) is 29.5. The molecular weight excluding hydrogens is 540 g/mol. The summed E-state index contributed by atoms with van der Waals surface area (Å²) in [5, 5.41) is 63.6. The molecule has 0 saturated carbocycles. The highest BCUT2D eigenvalue weighted by Gasteiger charge is 2.52. The molecule has 0 saturated heterocycles. The minimum Gasteiger partial charge on any atom is -0.485 e. The van der Waals surface area contributed by atoms with Gasteiger partial charge in [-0.25, -0.2) is 9.78 Å². The highest BCUT2D eigenvalue weighted by Crippen LogP contribution is 2.37. The van der Waals surface area contributed by atoms with Crippen LogP contribution in [0.3, 0.4) is 0 Å². The first-order valence-electron chi connectivity index (χ1n) is 13.3. The smallest absolute Gasteiger partial charge is 0.216 e. The number of allylic oxidation sites excluding steroid dienone is 1. The van der Waals surface area contributed by atoms with E-state index >= 15 is 0 Å². The van der Waals surface area contributed by atoms with Crippen LogP contribution in [0.1, 0.15) is 25.2 Å². The molecule has 1 aromatic heterocycles. The van der Waals surface area contributed by atoms with Gasteiger partial charge in [0.2, 0.25) is 6.23 Å². The lowest BCUT2D eigenvalue weighted by Gasteiger charge is -2.40. The summed E-state index contributed by atoms with van der Waals surface area (Å²) in [5.41, 5.74) is -1.46. The van der Waals surface area contributed by atoms with Crippen molar-refractivity contribution in [2.24, 2.45) is 4.99 Å². The van der Waals surface area contributed by atoms with Crippen molar-refractivity contribution in [2.75, 3.05) is 19.8 Å². The maximum Gasteiger partial charge on any atom is 0.216 e. The molecule has 41 heavy (non-hydrogen) atoms. The number of fused-ring (bicyclic) bond motifs is 3. The van der Waals surface area contributed by atoms with Crippen LogP contribution >= 0.6 is 0 Å². The molecule has 13 nitrogen and oxygen atoms in total. The molecule has 7 atom stereocenters. The van der Waals surface area contributed by atoms with Crippen molar-refractivity contribution in [3.63, 3.8) is 0 Å². The molecule has 0 amide bonds. The van der Waals surface area contributed by atoms with Crippen molar-refractivity contribution in [1.82, 2.24) is 0 Å². The van der Waals surface area contributed by atoms with E-state index in [2.05, 4.69) is 4.99 Å². The van der Waals surface area contributed by atoms with Crippen LogP contribution in [-0.2, 0) is 16.2 Å². The van der Waals surface area contributed by atoms with Gasteiger partial charge >= 0.3 is 0 Å². The van der Waals surface area contributed by atoms with Gasteiger partial charge in [-0.3, -0.25) is 14.7 Å². The van der Waals surface area contributed by atoms with Gasteiger partial charge in [-0.05, 0) is 32.4 Å². The number of quaternary nitrogens is 1. The molecule has 3 aliphatic heterocycles. The van der Waals surface area contributed by atoms with Gasteiger partial charge in [-0.1, -0.05) is 0 Å². The van der Waals surface area contributed by atoms with E-state index in [4.69, 9.17) is 18.9 Å². The molecule has 0 fully saturated rings. The van der Waals surface area contributed by atoms with Gasteiger partial charge in [0.15, 0.2) is 16.7 Å². The van der Waals surface area contributed by atoms with Gasteiger partial charge in [0.25, 0.3) is 0 Å². The third-order valence-electron chi connectivity index (χ3n) is 7.86. The van der Waals surface area contributed by atoms with Crippen LogP contribution in [-0.4, -0.2) is 98.5 Å². The van der Waals surface area contributed by atoms with E-state index in [1.807, 2.05) is 0 Å². The topological polar surface area (TPSA) is 196 Å². The third kappa shape index (κ3) is 5.48. The molecule has 0 spiro atoms. The fourth-order valence-electron chi connectivity index (χ4n) is 5.40. The summed E-state index contributed by atoms with van der Waals surface area (Å²) < 4.78 is 11.8. The Morgan fingerprint density at radius 2 is 2.00 bits per heavy atom. The van der Waals surface area contributed by atoms with Crippen molar-refractivity contribution < 1.29 is 54.5 Å². The second-order valence-corrected chi connectivity index (χ2v) is 11.2. The van der Waals surface area contributed by atoms with E-state index in [0.717, 1.165) is 0 Å². The quantitative estimate of drug-likeness (QED) is 0.122. The van der Waals surface area contributed by atoms with Gasteiger partial charge in [-0.2, -0.15) is 0 Å². The summed E-state index contributed by atoms with van der Waals surface area (Å²) in [4.78, 5) is 27.8. The number of aliphatic hydroxyl groups excluding tert-OH is 5. The Bertz CT molecular complexity index is 1460. The Balaban J connectivity index is 1.30. The largest absolute Gasteiger partial charge is 0.485 e. The number of nitrogens with one attached hydrogen (secondary N) is 1. The van der Waals surface area contributed by atoms with E-state index in [1.54, 1.807) is 39.0 Å². The monoisotopic (exact) mass is 575 g/mol. The standard InChI is InChI=1S/C28H34N2O11/c1-14-6-19(32)16-7-15-8-24(27(2,3)40-21(15)10-22(16)39-14)41-38-12-23(34)28(37,26(36)20(33)11-31)13-30-18-4-5-29-17(18)9-25(30)35/h4-7,9-10,20,23-26,31,33-37H,8,11-13H2,1-3H3/p+1. The number of aliphatic hydroxyl groups is 6. The van der Waals surface area contributed by atoms with Gasteiger partial charge in [0.05, 0.1) is 12.0 Å². The number of aliphatic imine (C=N–C) groups is 1.